The minimum absolute atomic E-state index is 0.0366. The molecule has 1 amide bonds. The number of morpholine rings is 1. The molecule has 6 heteroatoms. The van der Waals surface area contributed by atoms with Crippen molar-refractivity contribution < 1.29 is 14.6 Å². The van der Waals surface area contributed by atoms with Crippen LogP contribution >= 0.6 is 0 Å². The van der Waals surface area contributed by atoms with Gasteiger partial charge in [0.1, 0.15) is 0 Å². The molecule has 3 rings (SSSR count). The predicted octanol–water partition coefficient (Wildman–Crippen LogP) is 0.657. The largest absolute Gasteiger partial charge is 0.392 e. The van der Waals surface area contributed by atoms with E-state index in [1.54, 1.807) is 6.07 Å². The molecule has 2 saturated heterocycles. The maximum Gasteiger partial charge on any atom is 0.253 e. The van der Waals surface area contributed by atoms with Crippen LogP contribution in [0.25, 0.3) is 0 Å². The van der Waals surface area contributed by atoms with Crippen molar-refractivity contribution >= 4 is 5.91 Å². The number of likely N-dealkylation sites (N-methyl/N-ethyl adjacent to an activating group) is 1. The number of benzene rings is 1. The number of amides is 1. The molecule has 138 valence electrons. The van der Waals surface area contributed by atoms with Crippen LogP contribution in [0, 0.1) is 0 Å². The first-order valence-electron chi connectivity index (χ1n) is 9.25. The summed E-state index contributed by atoms with van der Waals surface area (Å²) < 4.78 is 5.89. The number of carbonyl (C=O) groups is 1. The van der Waals surface area contributed by atoms with Gasteiger partial charge in [-0.25, -0.2) is 0 Å². The van der Waals surface area contributed by atoms with E-state index in [1.165, 1.54) is 0 Å². The van der Waals surface area contributed by atoms with Gasteiger partial charge < -0.3 is 14.7 Å². The summed E-state index contributed by atoms with van der Waals surface area (Å²) in [5.74, 6) is 0.0565. The second-order valence-electron chi connectivity index (χ2n) is 6.84. The molecule has 0 saturated carbocycles. The number of carbonyl (C=O) groups excluding carboxylic acids is 1. The topological polar surface area (TPSA) is 56.2 Å². The van der Waals surface area contributed by atoms with E-state index in [-0.39, 0.29) is 18.6 Å². The molecule has 1 N–H and O–H groups in total. The second-order valence-corrected chi connectivity index (χ2v) is 6.84. The highest BCUT2D eigenvalue weighted by Gasteiger charge is 2.26. The fourth-order valence-corrected chi connectivity index (χ4v) is 3.58. The number of aliphatic hydroxyl groups excluding tert-OH is 1. The summed E-state index contributed by atoms with van der Waals surface area (Å²) in [6.45, 7) is 10.3. The maximum atomic E-state index is 12.6. The fraction of sp³-hybridized carbons (Fsp3) is 0.632. The molecule has 25 heavy (non-hydrogen) atoms. The van der Waals surface area contributed by atoms with Crippen LogP contribution in [0.1, 0.15) is 22.8 Å². The van der Waals surface area contributed by atoms with Gasteiger partial charge in [0.05, 0.1) is 19.3 Å². The van der Waals surface area contributed by atoms with E-state index in [2.05, 4.69) is 16.7 Å². The number of rotatable bonds is 5. The molecule has 2 aliphatic rings. The molecule has 2 fully saturated rings. The van der Waals surface area contributed by atoms with Crippen LogP contribution in [-0.2, 0) is 11.3 Å². The van der Waals surface area contributed by atoms with Crippen molar-refractivity contribution in [1.29, 1.82) is 0 Å². The number of hydrogen-bond donors (Lipinski definition) is 1. The second kappa shape index (κ2) is 8.76. The van der Waals surface area contributed by atoms with Gasteiger partial charge in [-0.1, -0.05) is 19.1 Å². The van der Waals surface area contributed by atoms with Gasteiger partial charge in [-0.3, -0.25) is 14.6 Å². The summed E-state index contributed by atoms with van der Waals surface area (Å²) in [4.78, 5) is 19.4. The van der Waals surface area contributed by atoms with Crippen molar-refractivity contribution in [2.75, 3.05) is 59.0 Å². The molecule has 0 bridgehead atoms. The monoisotopic (exact) mass is 347 g/mol. The van der Waals surface area contributed by atoms with Gasteiger partial charge in [0.15, 0.2) is 0 Å². The molecule has 2 aliphatic heterocycles. The third kappa shape index (κ3) is 4.79. The van der Waals surface area contributed by atoms with E-state index in [4.69, 9.17) is 4.74 Å². The van der Waals surface area contributed by atoms with Gasteiger partial charge in [0.25, 0.3) is 5.91 Å². The lowest BCUT2D eigenvalue weighted by atomic mass is 10.1. The highest BCUT2D eigenvalue weighted by Crippen LogP contribution is 2.13. The van der Waals surface area contributed by atoms with Crippen molar-refractivity contribution in [2.45, 2.75) is 19.6 Å². The number of hydrogen-bond acceptors (Lipinski definition) is 5. The van der Waals surface area contributed by atoms with Crippen LogP contribution in [0.15, 0.2) is 24.3 Å². The molecule has 1 unspecified atom stereocenters. The molecular weight excluding hydrogens is 318 g/mol. The summed E-state index contributed by atoms with van der Waals surface area (Å²) in [5, 5.41) is 9.23. The van der Waals surface area contributed by atoms with Gasteiger partial charge in [-0.15, -0.1) is 0 Å². The van der Waals surface area contributed by atoms with Gasteiger partial charge in [-0.2, -0.15) is 0 Å². The number of nitrogens with zero attached hydrogens (tertiary/aromatic N) is 3. The smallest absolute Gasteiger partial charge is 0.253 e. The normalized spacial score (nSPS) is 23.0. The van der Waals surface area contributed by atoms with E-state index in [9.17, 15) is 9.90 Å². The quantitative estimate of drug-likeness (QED) is 0.848. The lowest BCUT2D eigenvalue weighted by molar-refractivity contribution is -0.0458. The number of aliphatic hydroxyl groups is 1. The van der Waals surface area contributed by atoms with Crippen molar-refractivity contribution in [2.24, 2.45) is 0 Å². The van der Waals surface area contributed by atoms with E-state index in [0.29, 0.717) is 5.56 Å². The first-order valence-corrected chi connectivity index (χ1v) is 9.25. The third-order valence-electron chi connectivity index (χ3n) is 5.15. The Morgan fingerprint density at radius 3 is 2.72 bits per heavy atom. The average molecular weight is 347 g/mol. The molecule has 0 aromatic heterocycles. The Bertz CT molecular complexity index is 573. The molecular formula is C19H29N3O3. The first-order chi connectivity index (χ1) is 12.2. The Morgan fingerprint density at radius 2 is 2.00 bits per heavy atom. The molecule has 0 aliphatic carbocycles. The van der Waals surface area contributed by atoms with Crippen LogP contribution in [0.4, 0.5) is 0 Å². The minimum Gasteiger partial charge on any atom is -0.392 e. The van der Waals surface area contributed by atoms with Crippen molar-refractivity contribution in [3.05, 3.63) is 35.4 Å². The summed E-state index contributed by atoms with van der Waals surface area (Å²) >= 11 is 0. The summed E-state index contributed by atoms with van der Waals surface area (Å²) in [6, 6.07) is 7.26. The van der Waals surface area contributed by atoms with E-state index in [0.717, 1.165) is 64.5 Å². The molecule has 6 nitrogen and oxygen atoms in total. The summed E-state index contributed by atoms with van der Waals surface area (Å²) in [6.07, 6.45) is 0.275. The highest BCUT2D eigenvalue weighted by atomic mass is 16.5. The van der Waals surface area contributed by atoms with E-state index in [1.807, 2.05) is 23.1 Å². The Balaban J connectivity index is 1.49. The van der Waals surface area contributed by atoms with Crippen LogP contribution in [0.2, 0.25) is 0 Å². The van der Waals surface area contributed by atoms with E-state index < -0.39 is 0 Å². The number of piperazine rings is 1. The highest BCUT2D eigenvalue weighted by molar-refractivity contribution is 5.94. The lowest BCUT2D eigenvalue weighted by Gasteiger charge is -2.39. The number of ether oxygens (including phenoxy) is 1. The molecule has 1 aromatic rings. The van der Waals surface area contributed by atoms with Crippen LogP contribution < -0.4 is 0 Å². The zero-order valence-electron chi connectivity index (χ0n) is 15.1. The van der Waals surface area contributed by atoms with Gasteiger partial charge in [-0.05, 0) is 24.2 Å². The molecule has 0 radical (unpaired) electrons. The summed E-state index contributed by atoms with van der Waals surface area (Å²) in [7, 11) is 0. The SMILES string of the molecule is CCN1CCOC(CN2CCN(C(=O)c3cccc(CO)c3)CC2)C1. The van der Waals surface area contributed by atoms with E-state index >= 15 is 0 Å². The van der Waals surface area contributed by atoms with Crippen LogP contribution in [0.5, 0.6) is 0 Å². The van der Waals surface area contributed by atoms with Crippen molar-refractivity contribution in [1.82, 2.24) is 14.7 Å². The average Bonchev–Trinajstić information content (AvgIpc) is 2.68. The van der Waals surface area contributed by atoms with Crippen LogP contribution in [-0.4, -0.2) is 90.8 Å². The van der Waals surface area contributed by atoms with Gasteiger partial charge in [0, 0.05) is 51.4 Å². The Labute approximate surface area is 150 Å². The molecule has 1 atom stereocenters. The van der Waals surface area contributed by atoms with Gasteiger partial charge in [0.2, 0.25) is 0 Å². The minimum atomic E-state index is -0.0366. The maximum absolute atomic E-state index is 12.6. The fourth-order valence-electron chi connectivity index (χ4n) is 3.58. The first kappa shape index (κ1) is 18.3. The van der Waals surface area contributed by atoms with Crippen LogP contribution in [0.3, 0.4) is 0 Å². The van der Waals surface area contributed by atoms with Gasteiger partial charge >= 0.3 is 0 Å². The zero-order chi connectivity index (χ0) is 17.6. The molecule has 0 spiro atoms. The third-order valence-corrected chi connectivity index (χ3v) is 5.15. The van der Waals surface area contributed by atoms with Crippen molar-refractivity contribution in [3.63, 3.8) is 0 Å². The lowest BCUT2D eigenvalue weighted by Crippen LogP contribution is -2.53. The standard InChI is InChI=1S/C19H29N3O3/c1-2-20-10-11-25-18(13-20)14-21-6-8-22(9-7-21)19(24)17-5-3-4-16(12-17)15-23/h3-5,12,18,23H,2,6-11,13-15H2,1H3. The molecule has 1 aromatic carbocycles. The van der Waals surface area contributed by atoms with Crippen molar-refractivity contribution in [3.8, 4) is 0 Å². The predicted molar refractivity (Wildman–Crippen MR) is 96.6 cm³/mol. The zero-order valence-corrected chi connectivity index (χ0v) is 15.1. The Kier molecular flexibility index (Phi) is 6.42. The Hall–Kier alpha value is -1.47. The summed E-state index contributed by atoms with van der Waals surface area (Å²) in [5.41, 5.74) is 1.44. The Morgan fingerprint density at radius 1 is 1.20 bits per heavy atom. The molecule has 2 heterocycles.